The molecule has 3 heterocycles. The highest BCUT2D eigenvalue weighted by Gasteiger charge is 2.61. The van der Waals surface area contributed by atoms with Crippen LogP contribution < -0.4 is 11.2 Å². The minimum absolute atomic E-state index is 0.0108. The van der Waals surface area contributed by atoms with Gasteiger partial charge in [-0.3, -0.25) is 14.3 Å². The van der Waals surface area contributed by atoms with Gasteiger partial charge in [0.15, 0.2) is 0 Å². The SMILES string of the molecule is O=c1ccn(C2COC3(COC3c3ccccc3)C(O)C2O)c(=O)[nH]1. The number of nitrogens with one attached hydrogen (secondary N) is 1. The predicted octanol–water partition coefficient (Wildman–Crippen LogP) is -0.660. The molecule has 4 rings (SSSR count). The summed E-state index contributed by atoms with van der Waals surface area (Å²) in [5.74, 6) is 0. The van der Waals surface area contributed by atoms with E-state index in [1.807, 2.05) is 30.3 Å². The van der Waals surface area contributed by atoms with Gasteiger partial charge in [0, 0.05) is 12.3 Å². The summed E-state index contributed by atoms with van der Waals surface area (Å²) in [6.45, 7) is 0.162. The van der Waals surface area contributed by atoms with Crippen LogP contribution in [0, 0.1) is 0 Å². The summed E-state index contributed by atoms with van der Waals surface area (Å²) in [6, 6.07) is 9.71. The van der Waals surface area contributed by atoms with Crippen molar-refractivity contribution in [2.45, 2.75) is 30.0 Å². The van der Waals surface area contributed by atoms with E-state index in [0.29, 0.717) is 0 Å². The number of hydrogen-bond acceptors (Lipinski definition) is 6. The second-order valence-electron chi connectivity index (χ2n) is 6.39. The monoisotopic (exact) mass is 346 g/mol. The number of aromatic amines is 1. The lowest BCUT2D eigenvalue weighted by Crippen LogP contribution is -2.69. The summed E-state index contributed by atoms with van der Waals surface area (Å²) >= 11 is 0. The maximum absolute atomic E-state index is 12.0. The zero-order chi connectivity index (χ0) is 17.6. The Kier molecular flexibility index (Phi) is 3.84. The molecule has 132 valence electrons. The Balaban J connectivity index is 1.63. The third kappa shape index (κ3) is 2.46. The van der Waals surface area contributed by atoms with Gasteiger partial charge < -0.3 is 19.7 Å². The molecule has 2 aliphatic heterocycles. The van der Waals surface area contributed by atoms with Crippen molar-refractivity contribution in [3.8, 4) is 0 Å². The smallest absolute Gasteiger partial charge is 0.328 e. The predicted molar refractivity (Wildman–Crippen MR) is 86.2 cm³/mol. The van der Waals surface area contributed by atoms with E-state index in [4.69, 9.17) is 9.47 Å². The molecule has 8 heteroatoms. The number of aliphatic hydroxyl groups is 2. The molecule has 1 aromatic heterocycles. The molecule has 2 fully saturated rings. The minimum atomic E-state index is -1.25. The van der Waals surface area contributed by atoms with Gasteiger partial charge in [0.25, 0.3) is 5.56 Å². The fourth-order valence-corrected chi connectivity index (χ4v) is 3.55. The molecule has 2 aliphatic rings. The molecule has 5 atom stereocenters. The van der Waals surface area contributed by atoms with E-state index in [2.05, 4.69) is 4.98 Å². The number of nitrogens with zero attached hydrogens (tertiary/aromatic N) is 1. The summed E-state index contributed by atoms with van der Waals surface area (Å²) in [5.41, 5.74) is -1.39. The average Bonchev–Trinajstić information content (AvgIpc) is 2.58. The van der Waals surface area contributed by atoms with Crippen LogP contribution in [0.4, 0.5) is 0 Å². The Labute approximate surface area is 142 Å². The van der Waals surface area contributed by atoms with Crippen LogP contribution in [0.2, 0.25) is 0 Å². The van der Waals surface area contributed by atoms with E-state index in [1.165, 1.54) is 16.8 Å². The van der Waals surface area contributed by atoms with Crippen molar-refractivity contribution >= 4 is 0 Å². The van der Waals surface area contributed by atoms with Crippen LogP contribution in [-0.4, -0.2) is 50.8 Å². The van der Waals surface area contributed by atoms with Crippen molar-refractivity contribution in [1.82, 2.24) is 9.55 Å². The quantitative estimate of drug-likeness (QED) is 0.665. The Morgan fingerprint density at radius 3 is 2.56 bits per heavy atom. The van der Waals surface area contributed by atoms with Crippen LogP contribution >= 0.6 is 0 Å². The first-order chi connectivity index (χ1) is 12.0. The molecule has 0 saturated carbocycles. The highest BCUT2D eigenvalue weighted by Crippen LogP contribution is 2.48. The first kappa shape index (κ1) is 16.2. The molecule has 0 aliphatic carbocycles. The molecule has 0 amide bonds. The van der Waals surface area contributed by atoms with Crippen molar-refractivity contribution in [1.29, 1.82) is 0 Å². The summed E-state index contributed by atoms with van der Waals surface area (Å²) in [7, 11) is 0. The van der Waals surface area contributed by atoms with Crippen LogP contribution in [0.5, 0.6) is 0 Å². The van der Waals surface area contributed by atoms with Crippen LogP contribution in [0.3, 0.4) is 0 Å². The number of ether oxygens (including phenoxy) is 2. The largest absolute Gasteiger partial charge is 0.388 e. The van der Waals surface area contributed by atoms with Crippen molar-refractivity contribution in [3.05, 3.63) is 69.0 Å². The van der Waals surface area contributed by atoms with Gasteiger partial charge in [0.05, 0.1) is 19.3 Å². The van der Waals surface area contributed by atoms with Gasteiger partial charge in [-0.1, -0.05) is 30.3 Å². The fourth-order valence-electron chi connectivity index (χ4n) is 3.55. The maximum Gasteiger partial charge on any atom is 0.328 e. The van der Waals surface area contributed by atoms with Crippen LogP contribution in [0.25, 0.3) is 0 Å². The molecule has 1 spiro atoms. The van der Waals surface area contributed by atoms with E-state index in [-0.39, 0.29) is 13.2 Å². The topological polar surface area (TPSA) is 114 Å². The first-order valence-corrected chi connectivity index (χ1v) is 8.01. The Hall–Kier alpha value is -2.26. The van der Waals surface area contributed by atoms with Crippen LogP contribution in [0.15, 0.2) is 52.2 Å². The zero-order valence-electron chi connectivity index (χ0n) is 13.2. The number of benzene rings is 1. The second-order valence-corrected chi connectivity index (χ2v) is 6.39. The van der Waals surface area contributed by atoms with Gasteiger partial charge in [-0.05, 0) is 5.56 Å². The third-order valence-electron chi connectivity index (χ3n) is 4.97. The maximum atomic E-state index is 12.0. The van der Waals surface area contributed by atoms with E-state index in [9.17, 15) is 19.8 Å². The number of H-pyrrole nitrogens is 1. The van der Waals surface area contributed by atoms with E-state index >= 15 is 0 Å². The minimum Gasteiger partial charge on any atom is -0.388 e. The summed E-state index contributed by atoms with van der Waals surface area (Å²) in [4.78, 5) is 25.3. The molecule has 0 bridgehead atoms. The molecule has 1 aromatic carbocycles. The Bertz CT molecular complexity index is 878. The second kappa shape index (κ2) is 5.92. The summed E-state index contributed by atoms with van der Waals surface area (Å²) < 4.78 is 12.7. The highest BCUT2D eigenvalue weighted by molar-refractivity contribution is 5.26. The molecule has 25 heavy (non-hydrogen) atoms. The van der Waals surface area contributed by atoms with Crippen molar-refractivity contribution in [2.75, 3.05) is 13.2 Å². The third-order valence-corrected chi connectivity index (χ3v) is 4.97. The van der Waals surface area contributed by atoms with Crippen molar-refractivity contribution in [2.24, 2.45) is 0 Å². The number of rotatable bonds is 2. The molecule has 3 N–H and O–H groups in total. The number of aliphatic hydroxyl groups excluding tert-OH is 2. The van der Waals surface area contributed by atoms with Crippen LogP contribution in [-0.2, 0) is 9.47 Å². The number of aromatic nitrogens is 2. The van der Waals surface area contributed by atoms with E-state index in [0.717, 1.165) is 5.56 Å². The van der Waals surface area contributed by atoms with Gasteiger partial charge >= 0.3 is 5.69 Å². The van der Waals surface area contributed by atoms with Gasteiger partial charge in [-0.15, -0.1) is 0 Å². The lowest BCUT2D eigenvalue weighted by Gasteiger charge is -2.56. The zero-order valence-corrected chi connectivity index (χ0v) is 13.2. The number of hydrogen-bond donors (Lipinski definition) is 3. The van der Waals surface area contributed by atoms with Crippen LogP contribution in [0.1, 0.15) is 17.7 Å². The standard InChI is InChI=1S/C17H18N2O6/c20-12-6-7-19(16(23)18-12)11-8-25-17(14(22)13(11)21)9-24-15(17)10-4-2-1-3-5-10/h1-7,11,13-15,21-22H,8-9H2,(H,18,20,23). The van der Waals surface area contributed by atoms with E-state index in [1.54, 1.807) is 0 Å². The fraction of sp³-hybridized carbons (Fsp3) is 0.412. The lowest BCUT2D eigenvalue weighted by atomic mass is 9.76. The van der Waals surface area contributed by atoms with Gasteiger partial charge in [0.2, 0.25) is 0 Å². The van der Waals surface area contributed by atoms with Gasteiger partial charge in [-0.2, -0.15) is 0 Å². The molecule has 8 nitrogen and oxygen atoms in total. The van der Waals surface area contributed by atoms with Crippen molar-refractivity contribution < 1.29 is 19.7 Å². The summed E-state index contributed by atoms with van der Waals surface area (Å²) in [6.07, 6.45) is -1.70. The summed E-state index contributed by atoms with van der Waals surface area (Å²) in [5, 5.41) is 21.3. The highest BCUT2D eigenvalue weighted by atomic mass is 16.6. The normalized spacial score (nSPS) is 34.6. The molecule has 2 aromatic rings. The Morgan fingerprint density at radius 1 is 1.16 bits per heavy atom. The van der Waals surface area contributed by atoms with Crippen molar-refractivity contribution in [3.63, 3.8) is 0 Å². The van der Waals surface area contributed by atoms with E-state index < -0.39 is 41.2 Å². The molecule has 2 saturated heterocycles. The molecular formula is C17H18N2O6. The molecule has 0 radical (unpaired) electrons. The van der Waals surface area contributed by atoms with Gasteiger partial charge in [-0.25, -0.2) is 4.79 Å². The van der Waals surface area contributed by atoms with Gasteiger partial charge in [0.1, 0.15) is 23.9 Å². The average molecular weight is 346 g/mol. The molecule has 5 unspecified atom stereocenters. The lowest BCUT2D eigenvalue weighted by molar-refractivity contribution is -0.339. The Morgan fingerprint density at radius 2 is 1.92 bits per heavy atom. The molecular weight excluding hydrogens is 328 g/mol. The first-order valence-electron chi connectivity index (χ1n) is 8.01.